The van der Waals surface area contributed by atoms with Gasteiger partial charge in [0.15, 0.2) is 5.76 Å². The Morgan fingerprint density at radius 1 is 1.32 bits per heavy atom. The molecule has 114 valence electrons. The molecule has 0 aliphatic carbocycles. The quantitative estimate of drug-likeness (QED) is 0.804. The van der Waals surface area contributed by atoms with Crippen molar-refractivity contribution in [2.75, 3.05) is 5.32 Å². The molecular formula is C16H18N4O2. The molecule has 1 aromatic carbocycles. The van der Waals surface area contributed by atoms with Crippen LogP contribution in [0.15, 0.2) is 28.8 Å². The fourth-order valence-electron chi connectivity index (χ4n) is 2.56. The van der Waals surface area contributed by atoms with Crippen molar-refractivity contribution in [1.29, 1.82) is 0 Å². The van der Waals surface area contributed by atoms with Crippen LogP contribution in [0.5, 0.6) is 0 Å². The van der Waals surface area contributed by atoms with Gasteiger partial charge >= 0.3 is 0 Å². The zero-order valence-electron chi connectivity index (χ0n) is 12.9. The summed E-state index contributed by atoms with van der Waals surface area (Å²) in [6.45, 7) is 5.83. The summed E-state index contributed by atoms with van der Waals surface area (Å²) >= 11 is 0. The Morgan fingerprint density at radius 3 is 2.77 bits per heavy atom. The number of anilines is 1. The molecule has 3 aromatic rings. The van der Waals surface area contributed by atoms with E-state index in [2.05, 4.69) is 15.5 Å². The lowest BCUT2D eigenvalue weighted by molar-refractivity contribution is -0.116. The first-order valence-electron chi connectivity index (χ1n) is 7.27. The van der Waals surface area contributed by atoms with Crippen LogP contribution in [0.25, 0.3) is 11.0 Å². The number of rotatable bonds is 4. The van der Waals surface area contributed by atoms with Crippen LogP contribution in [0.2, 0.25) is 0 Å². The Morgan fingerprint density at radius 2 is 2.09 bits per heavy atom. The van der Waals surface area contributed by atoms with Crippen molar-refractivity contribution >= 4 is 22.6 Å². The first-order chi connectivity index (χ1) is 10.6. The number of para-hydroxylation sites is 2. The average molecular weight is 298 g/mol. The number of hydrogen-bond donors (Lipinski definition) is 1. The topological polar surface area (TPSA) is 73.0 Å². The molecule has 2 heterocycles. The summed E-state index contributed by atoms with van der Waals surface area (Å²) in [4.78, 5) is 16.9. The van der Waals surface area contributed by atoms with Crippen molar-refractivity contribution in [3.8, 4) is 0 Å². The predicted molar refractivity (Wildman–Crippen MR) is 83.7 cm³/mol. The smallest absolute Gasteiger partial charge is 0.244 e. The maximum Gasteiger partial charge on any atom is 0.244 e. The summed E-state index contributed by atoms with van der Waals surface area (Å²) in [5.41, 5.74) is 3.20. The third kappa shape index (κ3) is 2.47. The third-order valence-corrected chi connectivity index (χ3v) is 3.65. The molecule has 1 amide bonds. The number of carbonyl (C=O) groups excluding carboxylic acids is 1. The van der Waals surface area contributed by atoms with E-state index in [9.17, 15) is 4.79 Å². The summed E-state index contributed by atoms with van der Waals surface area (Å²) in [5, 5.41) is 6.71. The number of aryl methyl sites for hydroxylation is 3. The van der Waals surface area contributed by atoms with Crippen molar-refractivity contribution in [2.45, 2.75) is 33.7 Å². The molecule has 6 heteroatoms. The Labute approximate surface area is 128 Å². The molecule has 0 bridgehead atoms. The van der Waals surface area contributed by atoms with E-state index < -0.39 is 0 Å². The summed E-state index contributed by atoms with van der Waals surface area (Å²) in [6.07, 6.45) is 0.771. The van der Waals surface area contributed by atoms with Crippen molar-refractivity contribution < 1.29 is 9.32 Å². The largest absolute Gasteiger partial charge is 0.359 e. The fraction of sp³-hybridized carbons (Fsp3) is 0.312. The van der Waals surface area contributed by atoms with Crippen LogP contribution in [-0.2, 0) is 17.8 Å². The van der Waals surface area contributed by atoms with E-state index in [-0.39, 0.29) is 12.5 Å². The lowest BCUT2D eigenvalue weighted by Crippen LogP contribution is -2.20. The maximum absolute atomic E-state index is 12.4. The molecule has 0 aliphatic heterocycles. The third-order valence-electron chi connectivity index (χ3n) is 3.65. The number of imidazole rings is 1. The van der Waals surface area contributed by atoms with Crippen LogP contribution >= 0.6 is 0 Å². The molecule has 0 saturated heterocycles. The molecule has 1 N–H and O–H groups in total. The number of hydrogen-bond acceptors (Lipinski definition) is 4. The van der Waals surface area contributed by atoms with E-state index in [1.54, 1.807) is 13.8 Å². The number of nitrogens with zero attached hydrogens (tertiary/aromatic N) is 3. The molecule has 0 atom stereocenters. The van der Waals surface area contributed by atoms with Crippen LogP contribution in [0.3, 0.4) is 0 Å². The predicted octanol–water partition coefficient (Wildman–Crippen LogP) is 2.84. The van der Waals surface area contributed by atoms with E-state index >= 15 is 0 Å². The van der Waals surface area contributed by atoms with Crippen molar-refractivity contribution in [1.82, 2.24) is 14.7 Å². The van der Waals surface area contributed by atoms with Crippen LogP contribution in [0, 0.1) is 13.8 Å². The fourth-order valence-corrected chi connectivity index (χ4v) is 2.56. The highest BCUT2D eigenvalue weighted by Crippen LogP contribution is 2.20. The van der Waals surface area contributed by atoms with Gasteiger partial charge in [0.1, 0.15) is 23.8 Å². The van der Waals surface area contributed by atoms with Gasteiger partial charge in [0, 0.05) is 6.42 Å². The Bertz CT molecular complexity index is 812. The van der Waals surface area contributed by atoms with Crippen LogP contribution in [0.4, 0.5) is 5.69 Å². The van der Waals surface area contributed by atoms with Crippen molar-refractivity contribution in [3.05, 3.63) is 41.5 Å². The second-order valence-electron chi connectivity index (χ2n) is 5.20. The van der Waals surface area contributed by atoms with Gasteiger partial charge in [0.05, 0.1) is 11.0 Å². The van der Waals surface area contributed by atoms with Gasteiger partial charge in [-0.2, -0.15) is 0 Å². The van der Waals surface area contributed by atoms with Gasteiger partial charge in [0.25, 0.3) is 0 Å². The van der Waals surface area contributed by atoms with Gasteiger partial charge in [-0.3, -0.25) is 4.79 Å². The second kappa shape index (κ2) is 5.63. The van der Waals surface area contributed by atoms with E-state index in [0.29, 0.717) is 17.1 Å². The Hall–Kier alpha value is -2.63. The SMILES string of the molecule is CCc1nc2ccccc2n1CC(=O)Nc1c(C)noc1C. The van der Waals surface area contributed by atoms with Crippen molar-refractivity contribution in [2.24, 2.45) is 0 Å². The highest BCUT2D eigenvalue weighted by Gasteiger charge is 2.15. The monoisotopic (exact) mass is 298 g/mol. The van der Waals surface area contributed by atoms with Gasteiger partial charge < -0.3 is 14.4 Å². The van der Waals surface area contributed by atoms with Crippen LogP contribution in [0.1, 0.15) is 24.2 Å². The van der Waals surface area contributed by atoms with Crippen LogP contribution < -0.4 is 5.32 Å². The summed E-state index contributed by atoms with van der Waals surface area (Å²) in [7, 11) is 0. The Kier molecular flexibility index (Phi) is 3.66. The summed E-state index contributed by atoms with van der Waals surface area (Å²) < 4.78 is 7.01. The minimum Gasteiger partial charge on any atom is -0.359 e. The number of aromatic nitrogens is 3. The van der Waals surface area contributed by atoms with Crippen LogP contribution in [-0.4, -0.2) is 20.6 Å². The molecule has 6 nitrogen and oxygen atoms in total. The van der Waals surface area contributed by atoms with Gasteiger partial charge in [0.2, 0.25) is 5.91 Å². The zero-order valence-corrected chi connectivity index (χ0v) is 12.9. The molecule has 0 spiro atoms. The summed E-state index contributed by atoms with van der Waals surface area (Å²) in [6, 6.07) is 7.83. The summed E-state index contributed by atoms with van der Waals surface area (Å²) in [5.74, 6) is 1.39. The molecular weight excluding hydrogens is 280 g/mol. The molecule has 0 unspecified atom stereocenters. The minimum atomic E-state index is -0.118. The number of fused-ring (bicyclic) bond motifs is 1. The molecule has 0 saturated carbocycles. The van der Waals surface area contributed by atoms with E-state index in [4.69, 9.17) is 4.52 Å². The lowest BCUT2D eigenvalue weighted by atomic mass is 10.3. The zero-order chi connectivity index (χ0) is 15.7. The Balaban J connectivity index is 1.88. The van der Waals surface area contributed by atoms with Gasteiger partial charge in [-0.05, 0) is 26.0 Å². The minimum absolute atomic E-state index is 0.118. The molecule has 0 fully saturated rings. The second-order valence-corrected chi connectivity index (χ2v) is 5.20. The first kappa shape index (κ1) is 14.3. The first-order valence-corrected chi connectivity index (χ1v) is 7.27. The molecule has 2 aromatic heterocycles. The normalized spacial score (nSPS) is 11.0. The number of nitrogens with one attached hydrogen (secondary N) is 1. The lowest BCUT2D eigenvalue weighted by Gasteiger charge is -2.09. The van der Waals surface area contributed by atoms with Crippen molar-refractivity contribution in [3.63, 3.8) is 0 Å². The number of carbonyl (C=O) groups is 1. The highest BCUT2D eigenvalue weighted by molar-refractivity contribution is 5.92. The van der Waals surface area contributed by atoms with Gasteiger partial charge in [-0.25, -0.2) is 4.98 Å². The van der Waals surface area contributed by atoms with Gasteiger partial charge in [-0.1, -0.05) is 24.2 Å². The maximum atomic E-state index is 12.4. The number of benzene rings is 1. The number of amides is 1. The van der Waals surface area contributed by atoms with E-state index in [1.807, 2.05) is 35.8 Å². The molecule has 3 rings (SSSR count). The molecule has 0 radical (unpaired) electrons. The molecule has 22 heavy (non-hydrogen) atoms. The highest BCUT2D eigenvalue weighted by atomic mass is 16.5. The average Bonchev–Trinajstić information content (AvgIpc) is 3.02. The van der Waals surface area contributed by atoms with E-state index in [1.165, 1.54) is 0 Å². The van der Waals surface area contributed by atoms with E-state index in [0.717, 1.165) is 23.3 Å². The standard InChI is InChI=1S/C16H18N4O2/c1-4-14-17-12-7-5-6-8-13(12)20(14)9-15(21)18-16-10(2)19-22-11(16)3/h5-8H,4,9H2,1-3H3,(H,18,21). The van der Waals surface area contributed by atoms with Gasteiger partial charge in [-0.15, -0.1) is 0 Å². The molecule has 0 aliphatic rings.